The zero-order valence-electron chi connectivity index (χ0n) is 13.4. The lowest BCUT2D eigenvalue weighted by atomic mass is 10.1. The maximum Gasteiger partial charge on any atom is 0.229 e. The highest BCUT2D eigenvalue weighted by Gasteiger charge is 2.38. The van der Waals surface area contributed by atoms with Gasteiger partial charge in [-0.25, -0.2) is 0 Å². The number of hydrogen-bond donors (Lipinski definition) is 1. The van der Waals surface area contributed by atoms with E-state index in [2.05, 4.69) is 11.4 Å². The van der Waals surface area contributed by atoms with Gasteiger partial charge in [-0.1, -0.05) is 18.9 Å². The first-order chi connectivity index (χ1) is 10.5. The molecule has 0 spiro atoms. The Balaban J connectivity index is 1.64. The van der Waals surface area contributed by atoms with Crippen molar-refractivity contribution in [1.29, 1.82) is 0 Å². The highest BCUT2D eigenvalue weighted by Crippen LogP contribution is 2.30. The number of likely N-dealkylation sites (tertiary alicyclic amines) is 1. The number of nitrogens with zero attached hydrogens (tertiary/aromatic N) is 1. The van der Waals surface area contributed by atoms with Crippen LogP contribution in [0.4, 0.5) is 5.69 Å². The molecular formula is C18H24N2O2. The number of anilines is 1. The Hall–Kier alpha value is -1.84. The normalized spacial score (nSPS) is 22.4. The van der Waals surface area contributed by atoms with Crippen LogP contribution in [0.15, 0.2) is 18.2 Å². The molecule has 0 bridgehead atoms. The maximum atomic E-state index is 12.5. The van der Waals surface area contributed by atoms with Gasteiger partial charge in [-0.2, -0.15) is 0 Å². The maximum absolute atomic E-state index is 12.5. The molecule has 1 atom stereocenters. The number of carbonyl (C=O) groups excluding carboxylic acids is 2. The standard InChI is InChI=1S/C18H24N2O2/c1-12-7-13(2)9-15(8-12)19-18(22)14-10-17(21)20(11-14)16-5-3-4-6-16/h7-9,14,16H,3-6,10-11H2,1-2H3,(H,19,22)/t14-/m1/s1. The molecule has 118 valence electrons. The van der Waals surface area contributed by atoms with Crippen molar-refractivity contribution in [2.24, 2.45) is 5.92 Å². The zero-order valence-corrected chi connectivity index (χ0v) is 13.4. The monoisotopic (exact) mass is 300 g/mol. The highest BCUT2D eigenvalue weighted by molar-refractivity contribution is 5.97. The molecule has 2 aliphatic rings. The van der Waals surface area contributed by atoms with Crippen LogP contribution in [0.5, 0.6) is 0 Å². The van der Waals surface area contributed by atoms with Crippen LogP contribution in [0, 0.1) is 19.8 Å². The summed E-state index contributed by atoms with van der Waals surface area (Å²) in [6.07, 6.45) is 4.95. The summed E-state index contributed by atoms with van der Waals surface area (Å²) >= 11 is 0. The minimum Gasteiger partial charge on any atom is -0.339 e. The molecule has 1 saturated heterocycles. The van der Waals surface area contributed by atoms with E-state index in [1.807, 2.05) is 30.9 Å². The summed E-state index contributed by atoms with van der Waals surface area (Å²) in [5.41, 5.74) is 3.09. The van der Waals surface area contributed by atoms with Crippen molar-refractivity contribution in [2.75, 3.05) is 11.9 Å². The van der Waals surface area contributed by atoms with E-state index in [0.717, 1.165) is 29.7 Å². The predicted molar refractivity (Wildman–Crippen MR) is 86.6 cm³/mol. The second-order valence-electron chi connectivity index (χ2n) is 6.75. The van der Waals surface area contributed by atoms with Crippen LogP contribution in [0.25, 0.3) is 0 Å². The first-order valence-corrected chi connectivity index (χ1v) is 8.21. The molecule has 1 aliphatic heterocycles. The van der Waals surface area contributed by atoms with Gasteiger partial charge in [0.15, 0.2) is 0 Å². The zero-order chi connectivity index (χ0) is 15.7. The van der Waals surface area contributed by atoms with Crippen molar-refractivity contribution in [1.82, 2.24) is 4.90 Å². The summed E-state index contributed by atoms with van der Waals surface area (Å²) in [6, 6.07) is 6.38. The Morgan fingerprint density at radius 2 is 1.77 bits per heavy atom. The van der Waals surface area contributed by atoms with Gasteiger partial charge in [-0.05, 0) is 49.9 Å². The van der Waals surface area contributed by atoms with E-state index >= 15 is 0 Å². The fourth-order valence-electron chi connectivity index (χ4n) is 3.77. The van der Waals surface area contributed by atoms with Crippen molar-refractivity contribution in [3.8, 4) is 0 Å². The lowest BCUT2D eigenvalue weighted by Crippen LogP contribution is -2.35. The number of benzene rings is 1. The summed E-state index contributed by atoms with van der Waals surface area (Å²) in [4.78, 5) is 26.6. The van der Waals surface area contributed by atoms with Crippen LogP contribution in [0.1, 0.15) is 43.2 Å². The molecule has 1 aliphatic carbocycles. The van der Waals surface area contributed by atoms with Gasteiger partial charge < -0.3 is 10.2 Å². The van der Waals surface area contributed by atoms with Crippen LogP contribution in [0.2, 0.25) is 0 Å². The van der Waals surface area contributed by atoms with Gasteiger partial charge in [0.2, 0.25) is 11.8 Å². The van der Waals surface area contributed by atoms with Gasteiger partial charge in [0.25, 0.3) is 0 Å². The minimum atomic E-state index is -0.214. The van der Waals surface area contributed by atoms with E-state index in [4.69, 9.17) is 0 Å². The first kappa shape index (κ1) is 15.1. The van der Waals surface area contributed by atoms with Crippen LogP contribution in [-0.2, 0) is 9.59 Å². The third kappa shape index (κ3) is 3.16. The Kier molecular flexibility index (Phi) is 4.19. The molecule has 1 heterocycles. The SMILES string of the molecule is Cc1cc(C)cc(NC(=O)[C@@H]2CC(=O)N(C3CCCC3)C2)c1. The van der Waals surface area contributed by atoms with Crippen molar-refractivity contribution in [3.63, 3.8) is 0 Å². The summed E-state index contributed by atoms with van der Waals surface area (Å²) < 4.78 is 0. The number of hydrogen-bond acceptors (Lipinski definition) is 2. The summed E-state index contributed by atoms with van der Waals surface area (Å²) in [5.74, 6) is -0.0970. The minimum absolute atomic E-state index is 0.0288. The van der Waals surface area contributed by atoms with Crippen LogP contribution < -0.4 is 5.32 Å². The van der Waals surface area contributed by atoms with Crippen LogP contribution >= 0.6 is 0 Å². The van der Waals surface area contributed by atoms with Crippen molar-refractivity contribution < 1.29 is 9.59 Å². The number of nitrogens with one attached hydrogen (secondary N) is 1. The molecule has 2 amide bonds. The van der Waals surface area contributed by atoms with Crippen molar-refractivity contribution in [2.45, 2.75) is 52.0 Å². The quantitative estimate of drug-likeness (QED) is 0.933. The van der Waals surface area contributed by atoms with E-state index < -0.39 is 0 Å². The number of aryl methyl sites for hydroxylation is 2. The molecule has 2 fully saturated rings. The number of carbonyl (C=O) groups is 2. The topological polar surface area (TPSA) is 49.4 Å². The van der Waals surface area contributed by atoms with E-state index in [0.29, 0.717) is 19.0 Å². The van der Waals surface area contributed by atoms with Gasteiger partial charge >= 0.3 is 0 Å². The predicted octanol–water partition coefficient (Wildman–Crippen LogP) is 3.03. The molecule has 1 saturated carbocycles. The molecule has 3 rings (SSSR count). The second kappa shape index (κ2) is 6.11. The molecule has 4 heteroatoms. The number of rotatable bonds is 3. The molecule has 1 N–H and O–H groups in total. The summed E-state index contributed by atoms with van der Waals surface area (Å²) in [6.45, 7) is 4.62. The third-order valence-electron chi connectivity index (χ3n) is 4.78. The molecule has 1 aromatic carbocycles. The van der Waals surface area contributed by atoms with Crippen LogP contribution in [-0.4, -0.2) is 29.3 Å². The van der Waals surface area contributed by atoms with Gasteiger partial charge in [0, 0.05) is 24.7 Å². The van der Waals surface area contributed by atoms with Gasteiger partial charge in [-0.15, -0.1) is 0 Å². The third-order valence-corrected chi connectivity index (χ3v) is 4.78. The van der Waals surface area contributed by atoms with Gasteiger partial charge in [0.05, 0.1) is 5.92 Å². The fourth-order valence-corrected chi connectivity index (χ4v) is 3.77. The molecule has 0 unspecified atom stereocenters. The molecular weight excluding hydrogens is 276 g/mol. The lowest BCUT2D eigenvalue weighted by Gasteiger charge is -2.23. The molecule has 4 nitrogen and oxygen atoms in total. The Morgan fingerprint density at radius 3 is 2.41 bits per heavy atom. The average Bonchev–Trinajstić information content (AvgIpc) is 3.06. The fraction of sp³-hybridized carbons (Fsp3) is 0.556. The summed E-state index contributed by atoms with van der Waals surface area (Å²) in [7, 11) is 0. The highest BCUT2D eigenvalue weighted by atomic mass is 16.2. The van der Waals surface area contributed by atoms with Gasteiger partial charge in [0.1, 0.15) is 0 Å². The smallest absolute Gasteiger partial charge is 0.229 e. The van der Waals surface area contributed by atoms with Gasteiger partial charge in [-0.3, -0.25) is 9.59 Å². The van der Waals surface area contributed by atoms with E-state index in [1.165, 1.54) is 12.8 Å². The van der Waals surface area contributed by atoms with E-state index in [9.17, 15) is 9.59 Å². The summed E-state index contributed by atoms with van der Waals surface area (Å²) in [5, 5.41) is 2.98. The van der Waals surface area contributed by atoms with Crippen molar-refractivity contribution >= 4 is 17.5 Å². The second-order valence-corrected chi connectivity index (χ2v) is 6.75. The average molecular weight is 300 g/mol. The van der Waals surface area contributed by atoms with Crippen molar-refractivity contribution in [3.05, 3.63) is 29.3 Å². The lowest BCUT2D eigenvalue weighted by molar-refractivity contribution is -0.129. The molecule has 0 aromatic heterocycles. The Morgan fingerprint density at radius 1 is 1.14 bits per heavy atom. The number of amides is 2. The van der Waals surface area contributed by atoms with Crippen LogP contribution in [0.3, 0.4) is 0 Å². The Bertz CT molecular complexity index is 570. The molecule has 22 heavy (non-hydrogen) atoms. The largest absolute Gasteiger partial charge is 0.339 e. The Labute approximate surface area is 131 Å². The van der Waals surface area contributed by atoms with E-state index in [1.54, 1.807) is 0 Å². The van der Waals surface area contributed by atoms with E-state index in [-0.39, 0.29) is 17.7 Å². The molecule has 1 aromatic rings. The molecule has 0 radical (unpaired) electrons. The first-order valence-electron chi connectivity index (χ1n) is 8.21.